The highest BCUT2D eigenvalue weighted by Gasteiger charge is 2.36. The van der Waals surface area contributed by atoms with Gasteiger partial charge in [0.25, 0.3) is 0 Å². The number of carbonyl (C=O) groups excluding carboxylic acids is 4. The summed E-state index contributed by atoms with van der Waals surface area (Å²) in [4.78, 5) is 50.8. The van der Waals surface area contributed by atoms with Crippen LogP contribution in [0.2, 0.25) is 0 Å². The molecule has 0 aliphatic rings. The van der Waals surface area contributed by atoms with E-state index in [4.69, 9.17) is 11.2 Å². The van der Waals surface area contributed by atoms with E-state index in [0.29, 0.717) is 5.56 Å². The fraction of sp³-hybridized carbons (Fsp3) is 0.435. The maximum Gasteiger partial charge on any atom is 0.408 e. The molecule has 0 aliphatic heterocycles. The number of nitriles is 1. The van der Waals surface area contributed by atoms with Crippen LogP contribution in [0.25, 0.3) is 0 Å². The van der Waals surface area contributed by atoms with Crippen LogP contribution in [0.5, 0.6) is 0 Å². The Bertz CT molecular complexity index is 971. The molecule has 3 amide bonds. The minimum Gasteiger partial charge on any atom is -0.468 e. The van der Waals surface area contributed by atoms with Gasteiger partial charge in [-0.3, -0.25) is 14.4 Å². The summed E-state index contributed by atoms with van der Waals surface area (Å²) in [6.07, 6.45) is 4.40. The molecule has 182 valence electrons. The van der Waals surface area contributed by atoms with Gasteiger partial charge in [-0.25, -0.2) is 4.79 Å². The highest BCUT2D eigenvalue weighted by molar-refractivity contribution is 5.93. The summed E-state index contributed by atoms with van der Waals surface area (Å²) in [6, 6.07) is 4.95. The molecule has 0 heterocycles. The monoisotopic (exact) mass is 472 g/mol. The number of aliphatic hydroxyl groups is 1. The van der Waals surface area contributed by atoms with Gasteiger partial charge in [0.1, 0.15) is 30.8 Å². The molecule has 0 saturated carbocycles. The topological polar surface area (TPSA) is 158 Å². The summed E-state index contributed by atoms with van der Waals surface area (Å²) < 4.78 is 9.62. The van der Waals surface area contributed by atoms with Crippen LogP contribution in [0.1, 0.15) is 37.9 Å². The molecule has 0 bridgehead atoms. The molecule has 0 aromatic heterocycles. The van der Waals surface area contributed by atoms with Crippen LogP contribution in [0.15, 0.2) is 24.3 Å². The third-order valence-corrected chi connectivity index (χ3v) is 4.28. The van der Waals surface area contributed by atoms with Crippen molar-refractivity contribution >= 4 is 23.9 Å². The van der Waals surface area contributed by atoms with E-state index in [0.717, 1.165) is 12.0 Å². The maximum atomic E-state index is 13.2. The van der Waals surface area contributed by atoms with Crippen molar-refractivity contribution in [2.24, 2.45) is 0 Å². The normalized spacial score (nSPS) is 12.2. The van der Waals surface area contributed by atoms with Gasteiger partial charge in [-0.2, -0.15) is 5.26 Å². The van der Waals surface area contributed by atoms with Gasteiger partial charge < -0.3 is 30.1 Å². The van der Waals surface area contributed by atoms with Gasteiger partial charge in [0.05, 0.1) is 19.8 Å². The summed E-state index contributed by atoms with van der Waals surface area (Å²) in [5, 5.41) is 23.7. The number of nitrogens with one attached hydrogen (secondary N) is 2. The molecule has 11 heteroatoms. The quantitative estimate of drug-likeness (QED) is 0.262. The Morgan fingerprint density at radius 2 is 1.82 bits per heavy atom. The van der Waals surface area contributed by atoms with Gasteiger partial charge in [0, 0.05) is 5.56 Å². The van der Waals surface area contributed by atoms with Crippen molar-refractivity contribution in [1.82, 2.24) is 15.5 Å². The molecule has 3 N–H and O–H groups in total. The number of rotatable bonds is 9. The first kappa shape index (κ1) is 27.9. The maximum absolute atomic E-state index is 13.2. The summed E-state index contributed by atoms with van der Waals surface area (Å²) in [5.41, 5.74) is -0.0800. The van der Waals surface area contributed by atoms with E-state index in [1.165, 1.54) is 24.3 Å². The van der Waals surface area contributed by atoms with Gasteiger partial charge in [-0.15, -0.1) is 6.42 Å². The first-order chi connectivity index (χ1) is 16.0. The van der Waals surface area contributed by atoms with Crippen molar-refractivity contribution in [1.29, 1.82) is 5.26 Å². The van der Waals surface area contributed by atoms with Crippen molar-refractivity contribution in [2.45, 2.75) is 38.5 Å². The Kier molecular flexibility index (Phi) is 10.5. The van der Waals surface area contributed by atoms with E-state index in [1.807, 2.05) is 0 Å². The second-order valence-electron chi connectivity index (χ2n) is 7.97. The average molecular weight is 472 g/mol. The zero-order valence-corrected chi connectivity index (χ0v) is 19.5. The molecule has 1 aromatic carbocycles. The fourth-order valence-corrected chi connectivity index (χ4v) is 2.77. The zero-order chi connectivity index (χ0) is 25.9. The molecular weight excluding hydrogens is 444 g/mol. The van der Waals surface area contributed by atoms with Crippen LogP contribution >= 0.6 is 0 Å². The van der Waals surface area contributed by atoms with E-state index < -0.39 is 61.3 Å². The smallest absolute Gasteiger partial charge is 0.408 e. The van der Waals surface area contributed by atoms with Crippen molar-refractivity contribution in [2.75, 3.05) is 26.8 Å². The van der Waals surface area contributed by atoms with Crippen LogP contribution < -0.4 is 10.6 Å². The second-order valence-corrected chi connectivity index (χ2v) is 7.97. The number of hydrogen-bond acceptors (Lipinski definition) is 8. The first-order valence-corrected chi connectivity index (χ1v) is 10.2. The van der Waals surface area contributed by atoms with Gasteiger partial charge in [0.15, 0.2) is 0 Å². The number of benzene rings is 1. The lowest BCUT2D eigenvalue weighted by Crippen LogP contribution is -2.54. The van der Waals surface area contributed by atoms with Gasteiger partial charge in [-0.05, 0) is 38.5 Å². The summed E-state index contributed by atoms with van der Waals surface area (Å²) >= 11 is 0. The third kappa shape index (κ3) is 8.45. The van der Waals surface area contributed by atoms with E-state index in [9.17, 15) is 29.5 Å². The minimum absolute atomic E-state index is 0.277. The number of alkyl carbamates (subject to hydrolysis) is 1. The third-order valence-electron chi connectivity index (χ3n) is 4.28. The van der Waals surface area contributed by atoms with Crippen molar-refractivity contribution in [3.8, 4) is 18.4 Å². The Labute approximate surface area is 198 Å². The highest BCUT2D eigenvalue weighted by Crippen LogP contribution is 2.23. The zero-order valence-electron chi connectivity index (χ0n) is 19.5. The minimum atomic E-state index is -1.51. The lowest BCUT2D eigenvalue weighted by atomic mass is 10.0. The molecule has 2 atom stereocenters. The van der Waals surface area contributed by atoms with Crippen LogP contribution in [-0.4, -0.2) is 72.3 Å². The molecule has 0 radical (unpaired) electrons. The number of nitrogens with zero attached hydrogens (tertiary/aromatic N) is 2. The number of aliphatic hydroxyl groups excluding tert-OH is 1. The summed E-state index contributed by atoms with van der Waals surface area (Å²) in [7, 11) is 1.14. The number of hydrogen-bond donors (Lipinski definition) is 3. The van der Waals surface area contributed by atoms with Crippen LogP contribution in [-0.2, 0) is 23.9 Å². The molecule has 0 aliphatic carbocycles. The van der Waals surface area contributed by atoms with E-state index in [2.05, 4.69) is 21.3 Å². The SMILES string of the molecule is C#Cc1ccc(C(C(=O)NCC(=O)OC)N(CC#N)C(=O)C(CO)NC(=O)OC(C)(C)C)cc1. The number of ether oxygens (including phenoxy) is 2. The van der Waals surface area contributed by atoms with E-state index in [-0.39, 0.29) is 5.56 Å². The Balaban J connectivity index is 3.34. The standard InChI is InChI=1S/C23H28N4O7/c1-6-15-7-9-16(10-8-15)19(20(30)25-13-18(29)33-5)27(12-11-24)21(31)17(14-28)26-22(32)34-23(2,3)4/h1,7-10,17,19,28H,12-14H2,2-5H3,(H,25,30)(H,26,32). The Morgan fingerprint density at radius 1 is 1.21 bits per heavy atom. The van der Waals surface area contributed by atoms with Crippen molar-refractivity contribution < 1.29 is 33.8 Å². The number of esters is 1. The number of terminal acetylenes is 1. The lowest BCUT2D eigenvalue weighted by molar-refractivity contribution is -0.144. The molecule has 2 unspecified atom stereocenters. The predicted molar refractivity (Wildman–Crippen MR) is 120 cm³/mol. The molecule has 0 spiro atoms. The fourth-order valence-electron chi connectivity index (χ4n) is 2.77. The van der Waals surface area contributed by atoms with Crippen LogP contribution in [0.4, 0.5) is 4.79 Å². The Morgan fingerprint density at radius 3 is 2.29 bits per heavy atom. The summed E-state index contributed by atoms with van der Waals surface area (Å²) in [6.45, 7) is 2.97. The van der Waals surface area contributed by atoms with Crippen molar-refractivity contribution in [3.63, 3.8) is 0 Å². The Hall–Kier alpha value is -4.09. The molecule has 1 rings (SSSR count). The van der Waals surface area contributed by atoms with Gasteiger partial charge in [0.2, 0.25) is 11.8 Å². The summed E-state index contributed by atoms with van der Waals surface area (Å²) in [5.74, 6) is -0.0204. The molecule has 0 saturated heterocycles. The first-order valence-electron chi connectivity index (χ1n) is 10.2. The number of amides is 3. The van der Waals surface area contributed by atoms with Crippen molar-refractivity contribution in [3.05, 3.63) is 35.4 Å². The molecule has 11 nitrogen and oxygen atoms in total. The number of carbonyl (C=O) groups is 4. The average Bonchev–Trinajstić information content (AvgIpc) is 2.79. The van der Waals surface area contributed by atoms with Crippen LogP contribution in [0, 0.1) is 23.7 Å². The van der Waals surface area contributed by atoms with Gasteiger partial charge in [-0.1, -0.05) is 18.1 Å². The molecule has 34 heavy (non-hydrogen) atoms. The van der Waals surface area contributed by atoms with E-state index in [1.54, 1.807) is 26.8 Å². The number of methoxy groups -OCH3 is 1. The van der Waals surface area contributed by atoms with Crippen LogP contribution in [0.3, 0.4) is 0 Å². The largest absolute Gasteiger partial charge is 0.468 e. The lowest BCUT2D eigenvalue weighted by Gasteiger charge is -2.32. The van der Waals surface area contributed by atoms with E-state index >= 15 is 0 Å². The molecule has 0 fully saturated rings. The predicted octanol–water partition coefficient (Wildman–Crippen LogP) is 0.236. The molecular formula is C23H28N4O7. The second kappa shape index (κ2) is 12.8. The highest BCUT2D eigenvalue weighted by atomic mass is 16.6. The molecule has 1 aromatic rings. The van der Waals surface area contributed by atoms with Gasteiger partial charge >= 0.3 is 12.1 Å².